The molecule has 5 aromatic rings. The normalized spacial score (nSPS) is 13.8. The molecule has 266 valence electrons. The average molecular weight is 736 g/mol. The number of hydrogen-bond acceptors (Lipinski definition) is 2. The largest absolute Gasteiger partial charge is 0.403 e. The minimum Gasteiger partial charge on any atom is -0.403 e. The molecule has 8 rings (SSSR count). The fraction of sp³-hybridized carbons (Fsp3) is 0.0545. The van der Waals surface area contributed by atoms with E-state index in [2.05, 4.69) is 189 Å². The van der Waals surface area contributed by atoms with Crippen LogP contribution in [0.3, 0.4) is 0 Å². The average Bonchev–Trinajstić information content (AvgIpc) is 3.68. The van der Waals surface area contributed by atoms with Crippen molar-refractivity contribution in [2.45, 2.75) is 19.3 Å². The van der Waals surface area contributed by atoms with E-state index in [-0.39, 0.29) is 0 Å². The minimum absolute atomic E-state index is 0.362. The summed E-state index contributed by atoms with van der Waals surface area (Å²) >= 11 is 0. The van der Waals surface area contributed by atoms with Crippen molar-refractivity contribution in [3.63, 3.8) is 0 Å². The van der Waals surface area contributed by atoms with Gasteiger partial charge in [-0.25, -0.2) is 0 Å². The van der Waals surface area contributed by atoms with Gasteiger partial charge in [-0.15, -0.1) is 25.0 Å². The maximum absolute atomic E-state index is 6.11. The molecule has 3 heteroatoms. The van der Waals surface area contributed by atoms with E-state index in [4.69, 9.17) is 22.3 Å². The molecule has 3 nitrogen and oxygen atoms in total. The van der Waals surface area contributed by atoms with E-state index in [0.717, 1.165) is 50.5 Å². The van der Waals surface area contributed by atoms with Crippen LogP contribution in [0.15, 0.2) is 115 Å². The summed E-state index contributed by atoms with van der Waals surface area (Å²) in [7, 11) is 0. The zero-order valence-corrected chi connectivity index (χ0v) is 31.6. The number of rotatable bonds is 4. The zero-order chi connectivity index (χ0) is 40.1. The summed E-state index contributed by atoms with van der Waals surface area (Å²) in [6.07, 6.45) is 23.8. The summed E-state index contributed by atoms with van der Waals surface area (Å²) in [4.78, 5) is 0. The monoisotopic (exact) mass is 735 g/mol. The van der Waals surface area contributed by atoms with Crippen LogP contribution in [0.1, 0.15) is 38.9 Å². The lowest BCUT2D eigenvalue weighted by atomic mass is 9.70. The van der Waals surface area contributed by atoms with E-state index in [1.165, 1.54) is 27.8 Å². The van der Waals surface area contributed by atoms with E-state index in [0.29, 0.717) is 11.5 Å². The highest BCUT2D eigenvalue weighted by molar-refractivity contribution is 5.97. The minimum atomic E-state index is -0.680. The Morgan fingerprint density at radius 2 is 1.16 bits per heavy atom. The van der Waals surface area contributed by atoms with Crippen LogP contribution in [-0.4, -0.2) is 11.3 Å². The molecule has 5 aromatic carbocycles. The van der Waals surface area contributed by atoms with Gasteiger partial charge in [-0.05, 0) is 146 Å². The Morgan fingerprint density at radius 3 is 1.90 bits per heavy atom. The molecule has 1 aliphatic heterocycles. The molecular weight excluding hydrogens is 707 g/mol. The fourth-order valence-electron chi connectivity index (χ4n) is 7.86. The standard InChI is InChI=1S/C55H29NO2/c1-6-8-10-12-14-20-31-57-53-37-47-45-33-39(3)40(4)34-50(45)55(51(47)38-54(53)58-32-21-15-13-11-9-7-2)48-26-17-16-25-44(48)46-36-42(28-29-49(46)55)41-23-22-24-43(35-41)52-27-18-19-30-56(52)5/h1-2,16-19,22-30,33-38H,5H2,3-4H3. The Labute approximate surface area is 340 Å². The van der Waals surface area contributed by atoms with Gasteiger partial charge in [-0.2, -0.15) is 0 Å². The maximum Gasteiger partial charge on any atom is 0.184 e. The Bertz CT molecular complexity index is 3180. The Kier molecular flexibility index (Phi) is 9.68. The second-order valence-electron chi connectivity index (χ2n) is 13.5. The van der Waals surface area contributed by atoms with Gasteiger partial charge in [-0.1, -0.05) is 72.8 Å². The number of nitrogens with zero attached hydrogens (tertiary/aromatic N) is 1. The first-order valence-electron chi connectivity index (χ1n) is 18.2. The number of ether oxygens (including phenoxy) is 2. The molecule has 0 amide bonds. The van der Waals surface area contributed by atoms with Gasteiger partial charge in [0.05, 0.1) is 12.1 Å². The van der Waals surface area contributed by atoms with Gasteiger partial charge >= 0.3 is 0 Å². The summed E-state index contributed by atoms with van der Waals surface area (Å²) in [6, 6.07) is 33.7. The summed E-state index contributed by atoms with van der Waals surface area (Å²) in [5, 5.41) is 0. The van der Waals surface area contributed by atoms with E-state index >= 15 is 0 Å². The van der Waals surface area contributed by atoms with Crippen molar-refractivity contribution >= 4 is 6.72 Å². The Morgan fingerprint density at radius 1 is 0.552 bits per heavy atom. The molecule has 2 aliphatic carbocycles. The highest BCUT2D eigenvalue weighted by atomic mass is 16.5. The van der Waals surface area contributed by atoms with Gasteiger partial charge in [-0.3, -0.25) is 4.58 Å². The molecular formula is C55H29NO2. The van der Waals surface area contributed by atoms with Crippen molar-refractivity contribution in [3.8, 4) is 141 Å². The third kappa shape index (κ3) is 6.33. The quantitative estimate of drug-likeness (QED) is 0.102. The summed E-state index contributed by atoms with van der Waals surface area (Å²) < 4.78 is 14.0. The van der Waals surface area contributed by atoms with Crippen LogP contribution in [-0.2, 0) is 5.41 Å². The van der Waals surface area contributed by atoms with Crippen molar-refractivity contribution in [3.05, 3.63) is 160 Å². The van der Waals surface area contributed by atoms with Crippen LogP contribution in [0.5, 0.6) is 11.5 Å². The Hall–Kier alpha value is -8.80. The van der Waals surface area contributed by atoms with E-state index in [1.54, 1.807) is 0 Å². The molecule has 1 unspecified atom stereocenters. The van der Waals surface area contributed by atoms with E-state index in [9.17, 15) is 0 Å². The molecule has 0 aromatic heterocycles. The van der Waals surface area contributed by atoms with E-state index < -0.39 is 5.41 Å². The topological polar surface area (TPSA) is 21.5 Å². The van der Waals surface area contributed by atoms with Crippen molar-refractivity contribution in [2.24, 2.45) is 0 Å². The predicted octanol–water partition coefficient (Wildman–Crippen LogP) is 8.95. The first-order valence-corrected chi connectivity index (χ1v) is 18.2. The SMILES string of the molecule is C#CC#CC#CC#COc1cc2c(cc1OC#CC#CC#CC#C)C1(c3ccccc3-c3cc(-c4cccc([C-]5C=CC=C[N+]5=C)c4)ccc31)c1cc(C)c(C)cc1-2. The molecule has 0 bridgehead atoms. The molecule has 3 aliphatic rings. The lowest BCUT2D eigenvalue weighted by molar-refractivity contribution is -0.417. The highest BCUT2D eigenvalue weighted by Gasteiger charge is 2.52. The Balaban J connectivity index is 1.32. The van der Waals surface area contributed by atoms with Crippen molar-refractivity contribution in [1.29, 1.82) is 0 Å². The summed E-state index contributed by atoms with van der Waals surface area (Å²) in [5.41, 5.74) is 14.0. The van der Waals surface area contributed by atoms with Crippen LogP contribution >= 0.6 is 0 Å². The van der Waals surface area contributed by atoms with Gasteiger partial charge in [0.1, 0.15) is 24.5 Å². The molecule has 0 saturated carbocycles. The highest BCUT2D eigenvalue weighted by Crippen LogP contribution is 2.64. The second kappa shape index (κ2) is 15.5. The van der Waals surface area contributed by atoms with Gasteiger partial charge in [0, 0.05) is 35.5 Å². The number of hydrogen-bond donors (Lipinski definition) is 0. The molecule has 1 heterocycles. The fourth-order valence-corrected chi connectivity index (χ4v) is 7.86. The lowest BCUT2D eigenvalue weighted by Crippen LogP contribution is -2.26. The maximum atomic E-state index is 6.11. The molecule has 0 saturated heterocycles. The predicted molar refractivity (Wildman–Crippen MR) is 231 cm³/mol. The van der Waals surface area contributed by atoms with Crippen molar-refractivity contribution < 1.29 is 14.0 Å². The van der Waals surface area contributed by atoms with Crippen LogP contribution < -0.4 is 9.47 Å². The first kappa shape index (κ1) is 36.2. The lowest BCUT2D eigenvalue weighted by Gasteiger charge is -2.31. The van der Waals surface area contributed by atoms with Crippen LogP contribution in [0.2, 0.25) is 0 Å². The third-order valence-corrected chi connectivity index (χ3v) is 10.4. The van der Waals surface area contributed by atoms with Crippen molar-refractivity contribution in [1.82, 2.24) is 0 Å². The zero-order valence-electron chi connectivity index (χ0n) is 31.6. The van der Waals surface area contributed by atoms with Crippen LogP contribution in [0.25, 0.3) is 33.4 Å². The molecule has 58 heavy (non-hydrogen) atoms. The molecule has 0 N–H and O–H groups in total. The van der Waals surface area contributed by atoms with Crippen molar-refractivity contribution in [2.75, 3.05) is 0 Å². The molecule has 1 spiro atoms. The summed E-state index contributed by atoms with van der Waals surface area (Å²) in [5.74, 6) is 31.0. The number of benzene rings is 5. The number of fused-ring (bicyclic) bond motifs is 10. The van der Waals surface area contributed by atoms with Gasteiger partial charge in [0.15, 0.2) is 11.5 Å². The molecule has 0 radical (unpaired) electrons. The van der Waals surface area contributed by atoms with E-state index in [1.807, 2.05) is 35.1 Å². The van der Waals surface area contributed by atoms with Gasteiger partial charge in [0.25, 0.3) is 0 Å². The number of aryl methyl sites for hydroxylation is 2. The first-order chi connectivity index (χ1) is 28.4. The smallest absolute Gasteiger partial charge is 0.184 e. The number of allylic oxidation sites excluding steroid dienone is 2. The van der Waals surface area contributed by atoms with Crippen LogP contribution in [0, 0.1) is 116 Å². The van der Waals surface area contributed by atoms with Gasteiger partial charge in [0.2, 0.25) is 0 Å². The summed E-state index contributed by atoms with van der Waals surface area (Å²) in [6.45, 7) is 8.48. The third-order valence-electron chi connectivity index (χ3n) is 10.4. The van der Waals surface area contributed by atoms with Crippen LogP contribution in [0.4, 0.5) is 0 Å². The number of terminal acetylenes is 2. The second-order valence-corrected chi connectivity index (χ2v) is 13.5. The van der Waals surface area contributed by atoms with Gasteiger partial charge < -0.3 is 9.47 Å². The molecule has 0 fully saturated rings. The molecule has 1 atom stereocenters.